The number of rotatable bonds is 1. The van der Waals surface area contributed by atoms with E-state index in [0.717, 1.165) is 12.1 Å². The van der Waals surface area contributed by atoms with E-state index in [2.05, 4.69) is 38.2 Å². The van der Waals surface area contributed by atoms with Crippen molar-refractivity contribution in [1.29, 1.82) is 0 Å². The highest BCUT2D eigenvalue weighted by Crippen LogP contribution is 2.24. The van der Waals surface area contributed by atoms with Crippen molar-refractivity contribution < 1.29 is 0 Å². The Morgan fingerprint density at radius 1 is 1.25 bits per heavy atom. The Morgan fingerprint density at radius 2 is 2.00 bits per heavy atom. The average molecular weight is 218 g/mol. The lowest BCUT2D eigenvalue weighted by Crippen LogP contribution is -2.46. The predicted octanol–water partition coefficient (Wildman–Crippen LogP) is 2.51. The van der Waals surface area contributed by atoms with E-state index in [4.69, 9.17) is 5.73 Å². The summed E-state index contributed by atoms with van der Waals surface area (Å²) in [6.45, 7) is 6.67. The number of nitrogens with one attached hydrogen (secondary N) is 1. The molecule has 0 radical (unpaired) electrons. The fraction of sp³-hybridized carbons (Fsp3) is 0.571. The van der Waals surface area contributed by atoms with Crippen LogP contribution in [0.4, 0.5) is 5.69 Å². The summed E-state index contributed by atoms with van der Waals surface area (Å²) in [5, 5.41) is 3.68. The van der Waals surface area contributed by atoms with Crippen LogP contribution in [0.1, 0.15) is 38.3 Å². The minimum atomic E-state index is 0.197. The number of nitrogen functional groups attached to an aromatic ring is 1. The van der Waals surface area contributed by atoms with Crippen LogP contribution in [0.3, 0.4) is 0 Å². The molecule has 2 rings (SSSR count). The third-order valence-electron chi connectivity index (χ3n) is 3.10. The van der Waals surface area contributed by atoms with Crippen molar-refractivity contribution in [3.05, 3.63) is 29.3 Å². The molecular formula is C14H22N2. The van der Waals surface area contributed by atoms with Crippen LogP contribution in [0.5, 0.6) is 0 Å². The standard InChI is InChI=1S/C14H22N2/c1-14(2,3)16-13-7-5-10-4-6-12(15)8-11(10)9-13/h4,6,8,13,16H,5,7,9,15H2,1-3H3. The lowest BCUT2D eigenvalue weighted by Gasteiger charge is -2.32. The molecule has 1 aliphatic rings. The minimum absolute atomic E-state index is 0.197. The van der Waals surface area contributed by atoms with Crippen molar-refractivity contribution in [3.63, 3.8) is 0 Å². The van der Waals surface area contributed by atoms with E-state index in [0.29, 0.717) is 6.04 Å². The maximum Gasteiger partial charge on any atom is 0.0316 e. The molecule has 1 aromatic rings. The van der Waals surface area contributed by atoms with E-state index >= 15 is 0 Å². The highest BCUT2D eigenvalue weighted by molar-refractivity contribution is 5.46. The molecule has 0 aromatic heterocycles. The van der Waals surface area contributed by atoms with Crippen molar-refractivity contribution >= 4 is 5.69 Å². The molecule has 1 unspecified atom stereocenters. The van der Waals surface area contributed by atoms with E-state index in [1.165, 1.54) is 24.0 Å². The number of aryl methyl sites for hydroxylation is 1. The minimum Gasteiger partial charge on any atom is -0.399 e. The van der Waals surface area contributed by atoms with E-state index in [1.54, 1.807) is 0 Å². The molecule has 1 aliphatic carbocycles. The largest absolute Gasteiger partial charge is 0.399 e. The Morgan fingerprint density at radius 3 is 2.69 bits per heavy atom. The van der Waals surface area contributed by atoms with E-state index in [1.807, 2.05) is 6.07 Å². The number of hydrogen-bond acceptors (Lipinski definition) is 2. The third kappa shape index (κ3) is 2.76. The Bertz CT molecular complexity index is 377. The molecule has 0 saturated heterocycles. The van der Waals surface area contributed by atoms with Crippen LogP contribution in [-0.4, -0.2) is 11.6 Å². The molecule has 88 valence electrons. The molecule has 0 amide bonds. The molecule has 0 aliphatic heterocycles. The van der Waals surface area contributed by atoms with Gasteiger partial charge in [0.1, 0.15) is 0 Å². The molecule has 0 heterocycles. The van der Waals surface area contributed by atoms with Crippen LogP contribution >= 0.6 is 0 Å². The van der Waals surface area contributed by atoms with E-state index in [-0.39, 0.29) is 5.54 Å². The Kier molecular flexibility index (Phi) is 2.94. The predicted molar refractivity (Wildman–Crippen MR) is 69.6 cm³/mol. The number of hydrogen-bond donors (Lipinski definition) is 2. The second kappa shape index (κ2) is 4.10. The maximum atomic E-state index is 5.83. The van der Waals surface area contributed by atoms with Crippen LogP contribution in [0.2, 0.25) is 0 Å². The number of benzene rings is 1. The fourth-order valence-electron chi connectivity index (χ4n) is 2.51. The summed E-state index contributed by atoms with van der Waals surface area (Å²) >= 11 is 0. The van der Waals surface area contributed by atoms with Crippen LogP contribution < -0.4 is 11.1 Å². The molecule has 2 nitrogen and oxygen atoms in total. The first kappa shape index (κ1) is 11.5. The zero-order valence-corrected chi connectivity index (χ0v) is 10.5. The summed E-state index contributed by atoms with van der Waals surface area (Å²) in [5.74, 6) is 0. The summed E-state index contributed by atoms with van der Waals surface area (Å²) in [4.78, 5) is 0. The fourth-order valence-corrected chi connectivity index (χ4v) is 2.51. The van der Waals surface area contributed by atoms with Gasteiger partial charge in [0.15, 0.2) is 0 Å². The van der Waals surface area contributed by atoms with E-state index in [9.17, 15) is 0 Å². The molecular weight excluding hydrogens is 196 g/mol. The molecule has 2 heteroatoms. The van der Waals surface area contributed by atoms with Crippen LogP contribution in [-0.2, 0) is 12.8 Å². The summed E-state index contributed by atoms with van der Waals surface area (Å²) in [5.41, 5.74) is 9.81. The van der Waals surface area contributed by atoms with Gasteiger partial charge in [-0.25, -0.2) is 0 Å². The second-order valence-corrected chi connectivity index (χ2v) is 5.86. The first-order chi connectivity index (χ1) is 7.44. The Balaban J connectivity index is 2.11. The van der Waals surface area contributed by atoms with Crippen molar-refractivity contribution in [1.82, 2.24) is 5.32 Å². The highest BCUT2D eigenvalue weighted by atomic mass is 15.0. The lowest BCUT2D eigenvalue weighted by molar-refractivity contribution is 0.335. The second-order valence-electron chi connectivity index (χ2n) is 5.86. The van der Waals surface area contributed by atoms with Crippen LogP contribution in [0.25, 0.3) is 0 Å². The van der Waals surface area contributed by atoms with Crippen molar-refractivity contribution in [3.8, 4) is 0 Å². The maximum absolute atomic E-state index is 5.83. The van der Waals surface area contributed by atoms with Gasteiger partial charge in [-0.2, -0.15) is 0 Å². The Labute approximate surface area is 98.2 Å². The molecule has 1 atom stereocenters. The van der Waals surface area contributed by atoms with Crippen LogP contribution in [0.15, 0.2) is 18.2 Å². The van der Waals surface area contributed by atoms with Gasteiger partial charge in [-0.3, -0.25) is 0 Å². The smallest absolute Gasteiger partial charge is 0.0316 e. The third-order valence-corrected chi connectivity index (χ3v) is 3.10. The Hall–Kier alpha value is -1.02. The molecule has 0 spiro atoms. The molecule has 1 aromatic carbocycles. The van der Waals surface area contributed by atoms with Crippen molar-refractivity contribution in [2.75, 3.05) is 5.73 Å². The summed E-state index contributed by atoms with van der Waals surface area (Å²) in [6.07, 6.45) is 3.51. The van der Waals surface area contributed by atoms with Gasteiger partial charge in [-0.1, -0.05) is 6.07 Å². The highest BCUT2D eigenvalue weighted by Gasteiger charge is 2.22. The quantitative estimate of drug-likeness (QED) is 0.711. The molecule has 0 bridgehead atoms. The van der Waals surface area contributed by atoms with Gasteiger partial charge in [0, 0.05) is 17.3 Å². The lowest BCUT2D eigenvalue weighted by atomic mass is 9.87. The average Bonchev–Trinajstić information content (AvgIpc) is 2.14. The molecule has 3 N–H and O–H groups in total. The number of fused-ring (bicyclic) bond motifs is 1. The first-order valence-electron chi connectivity index (χ1n) is 6.09. The van der Waals surface area contributed by atoms with Gasteiger partial charge < -0.3 is 11.1 Å². The first-order valence-corrected chi connectivity index (χ1v) is 6.09. The van der Waals surface area contributed by atoms with Crippen molar-refractivity contribution in [2.45, 2.75) is 51.6 Å². The molecule has 16 heavy (non-hydrogen) atoms. The SMILES string of the molecule is CC(C)(C)NC1CCc2ccc(N)cc2C1. The normalized spacial score (nSPS) is 20.6. The van der Waals surface area contributed by atoms with Gasteiger partial charge in [-0.05, 0) is 63.3 Å². The molecule has 0 saturated carbocycles. The zero-order chi connectivity index (χ0) is 11.8. The van der Waals surface area contributed by atoms with Gasteiger partial charge in [0.05, 0.1) is 0 Å². The van der Waals surface area contributed by atoms with Gasteiger partial charge in [0.25, 0.3) is 0 Å². The van der Waals surface area contributed by atoms with Gasteiger partial charge >= 0.3 is 0 Å². The summed E-state index contributed by atoms with van der Waals surface area (Å²) in [6, 6.07) is 6.91. The summed E-state index contributed by atoms with van der Waals surface area (Å²) in [7, 11) is 0. The summed E-state index contributed by atoms with van der Waals surface area (Å²) < 4.78 is 0. The number of nitrogens with two attached hydrogens (primary N) is 1. The van der Waals surface area contributed by atoms with Gasteiger partial charge in [0.2, 0.25) is 0 Å². The van der Waals surface area contributed by atoms with E-state index < -0.39 is 0 Å². The molecule has 0 fully saturated rings. The topological polar surface area (TPSA) is 38.0 Å². The monoisotopic (exact) mass is 218 g/mol. The zero-order valence-electron chi connectivity index (χ0n) is 10.5. The number of anilines is 1. The van der Waals surface area contributed by atoms with Crippen LogP contribution in [0, 0.1) is 0 Å². The van der Waals surface area contributed by atoms with Crippen molar-refractivity contribution in [2.24, 2.45) is 0 Å². The van der Waals surface area contributed by atoms with Gasteiger partial charge in [-0.15, -0.1) is 0 Å².